The predicted octanol–water partition coefficient (Wildman–Crippen LogP) is 7.31. The summed E-state index contributed by atoms with van der Waals surface area (Å²) in [6, 6.07) is 15.9. The zero-order valence-corrected chi connectivity index (χ0v) is 15.5. The molecule has 0 saturated heterocycles. The van der Waals surface area contributed by atoms with E-state index in [1.165, 1.54) is 68.9 Å². The second-order valence-electron chi connectivity index (χ2n) is 7.37. The van der Waals surface area contributed by atoms with Gasteiger partial charge in [0.05, 0.1) is 0 Å². The fourth-order valence-corrected chi connectivity index (χ4v) is 4.49. The van der Waals surface area contributed by atoms with Crippen molar-refractivity contribution in [3.05, 3.63) is 59.2 Å². The summed E-state index contributed by atoms with van der Waals surface area (Å²) in [7, 11) is 0. The molecule has 0 spiro atoms. The molecule has 2 aromatic carbocycles. The van der Waals surface area contributed by atoms with Gasteiger partial charge in [0, 0.05) is 0 Å². The number of hydrogen-bond donors (Lipinski definition) is 0. The second-order valence-corrected chi connectivity index (χ2v) is 7.37. The van der Waals surface area contributed by atoms with Crippen LogP contribution in [0.25, 0.3) is 11.1 Å². The lowest BCUT2D eigenvalue weighted by Crippen LogP contribution is -2.11. The molecule has 2 aromatic rings. The molecular formula is C24H32. The van der Waals surface area contributed by atoms with Crippen molar-refractivity contribution < 1.29 is 0 Å². The van der Waals surface area contributed by atoms with Gasteiger partial charge in [0.1, 0.15) is 0 Å². The van der Waals surface area contributed by atoms with Crippen LogP contribution in [-0.4, -0.2) is 0 Å². The van der Waals surface area contributed by atoms with E-state index in [1.807, 2.05) is 0 Å². The van der Waals surface area contributed by atoms with E-state index in [0.29, 0.717) is 0 Å². The summed E-state index contributed by atoms with van der Waals surface area (Å²) in [5, 5.41) is 0. The highest BCUT2D eigenvalue weighted by Crippen LogP contribution is 2.41. The van der Waals surface area contributed by atoms with Crippen LogP contribution in [0.3, 0.4) is 0 Å². The van der Waals surface area contributed by atoms with Gasteiger partial charge in [-0.25, -0.2) is 0 Å². The van der Waals surface area contributed by atoms with Crippen molar-refractivity contribution in [1.82, 2.24) is 0 Å². The van der Waals surface area contributed by atoms with Gasteiger partial charge in [-0.2, -0.15) is 0 Å². The van der Waals surface area contributed by atoms with E-state index in [-0.39, 0.29) is 0 Å². The second kappa shape index (κ2) is 8.51. The van der Waals surface area contributed by atoms with Gasteiger partial charge < -0.3 is 0 Å². The predicted molar refractivity (Wildman–Crippen MR) is 106 cm³/mol. The van der Waals surface area contributed by atoms with E-state index in [0.717, 1.165) is 5.92 Å². The standard InChI is InChI=1S/C24H32/c1-3-11-19-17-18-23(20-13-7-5-8-14-20)24(22(19)12-4-2)21-15-9-6-10-16-21/h5,7-8,13-14,17-18,21H,3-4,6,9-12,15-16H2,1-2H3. The Hall–Kier alpha value is -1.56. The highest BCUT2D eigenvalue weighted by Gasteiger charge is 2.23. The summed E-state index contributed by atoms with van der Waals surface area (Å²) in [6.07, 6.45) is 11.9. The number of rotatable bonds is 6. The van der Waals surface area contributed by atoms with E-state index >= 15 is 0 Å². The Labute approximate surface area is 148 Å². The number of benzene rings is 2. The average molecular weight is 321 g/mol. The maximum atomic E-state index is 2.42. The van der Waals surface area contributed by atoms with Gasteiger partial charge in [-0.15, -0.1) is 0 Å². The maximum absolute atomic E-state index is 2.42. The van der Waals surface area contributed by atoms with Crippen LogP contribution in [-0.2, 0) is 12.8 Å². The van der Waals surface area contributed by atoms with Gasteiger partial charge >= 0.3 is 0 Å². The quantitative estimate of drug-likeness (QED) is 0.523. The van der Waals surface area contributed by atoms with E-state index in [4.69, 9.17) is 0 Å². The molecule has 0 unspecified atom stereocenters. The highest BCUT2D eigenvalue weighted by atomic mass is 14.3. The first kappa shape index (κ1) is 17.3. The lowest BCUT2D eigenvalue weighted by molar-refractivity contribution is 0.441. The minimum Gasteiger partial charge on any atom is -0.0651 e. The number of hydrogen-bond acceptors (Lipinski definition) is 0. The highest BCUT2D eigenvalue weighted by molar-refractivity contribution is 5.70. The summed E-state index contributed by atoms with van der Waals surface area (Å²) < 4.78 is 0. The molecule has 1 saturated carbocycles. The minimum atomic E-state index is 0.771. The Kier molecular flexibility index (Phi) is 6.12. The fourth-order valence-electron chi connectivity index (χ4n) is 4.49. The lowest BCUT2D eigenvalue weighted by atomic mass is 9.76. The SMILES string of the molecule is CCCc1ccc(-c2ccccc2)c(C2CCCCC2)c1CCC. The molecular weight excluding hydrogens is 288 g/mol. The first-order valence-electron chi connectivity index (χ1n) is 10.0. The molecule has 1 fully saturated rings. The van der Waals surface area contributed by atoms with Crippen LogP contribution in [0.15, 0.2) is 42.5 Å². The smallest absolute Gasteiger partial charge is 0.0146 e. The molecule has 128 valence electrons. The van der Waals surface area contributed by atoms with E-state index in [9.17, 15) is 0 Å². The van der Waals surface area contributed by atoms with Crippen LogP contribution in [0, 0.1) is 0 Å². The van der Waals surface area contributed by atoms with Crippen molar-refractivity contribution in [2.75, 3.05) is 0 Å². The molecule has 3 rings (SSSR count). The van der Waals surface area contributed by atoms with Crippen LogP contribution in [0.2, 0.25) is 0 Å². The topological polar surface area (TPSA) is 0 Å². The molecule has 0 aromatic heterocycles. The third-order valence-corrected chi connectivity index (χ3v) is 5.57. The van der Waals surface area contributed by atoms with Gasteiger partial charge in [0.15, 0.2) is 0 Å². The van der Waals surface area contributed by atoms with Crippen molar-refractivity contribution in [2.24, 2.45) is 0 Å². The molecule has 0 nitrogen and oxygen atoms in total. The molecule has 0 bridgehead atoms. The van der Waals surface area contributed by atoms with Crippen LogP contribution in [0.4, 0.5) is 0 Å². The molecule has 0 heteroatoms. The summed E-state index contributed by atoms with van der Waals surface area (Å²) in [5.41, 5.74) is 7.91. The van der Waals surface area contributed by atoms with Crippen LogP contribution in [0.1, 0.15) is 81.4 Å². The van der Waals surface area contributed by atoms with E-state index < -0.39 is 0 Å². The molecule has 0 radical (unpaired) electrons. The Morgan fingerprint density at radius 2 is 1.50 bits per heavy atom. The molecule has 0 atom stereocenters. The van der Waals surface area contributed by atoms with Crippen LogP contribution in [0.5, 0.6) is 0 Å². The normalized spacial score (nSPS) is 15.6. The molecule has 0 aliphatic heterocycles. The summed E-state index contributed by atoms with van der Waals surface area (Å²) in [5.74, 6) is 0.771. The van der Waals surface area contributed by atoms with E-state index in [1.54, 1.807) is 16.7 Å². The van der Waals surface area contributed by atoms with Gasteiger partial charge in [-0.05, 0) is 59.4 Å². The van der Waals surface area contributed by atoms with Crippen LogP contribution < -0.4 is 0 Å². The minimum absolute atomic E-state index is 0.771. The first-order chi connectivity index (χ1) is 11.8. The third kappa shape index (κ3) is 3.74. The van der Waals surface area contributed by atoms with Gasteiger partial charge in [0.2, 0.25) is 0 Å². The Morgan fingerprint density at radius 1 is 0.792 bits per heavy atom. The Bertz CT molecular complexity index is 633. The number of aryl methyl sites for hydroxylation is 1. The molecule has 1 aliphatic carbocycles. The molecule has 1 aliphatic rings. The molecule has 24 heavy (non-hydrogen) atoms. The molecule has 0 amide bonds. The van der Waals surface area contributed by atoms with Crippen LogP contribution >= 0.6 is 0 Å². The van der Waals surface area contributed by atoms with Gasteiger partial charge in [-0.1, -0.05) is 88.4 Å². The monoisotopic (exact) mass is 320 g/mol. The summed E-state index contributed by atoms with van der Waals surface area (Å²) >= 11 is 0. The van der Waals surface area contributed by atoms with Crippen molar-refractivity contribution in [2.45, 2.75) is 77.6 Å². The first-order valence-corrected chi connectivity index (χ1v) is 10.0. The largest absolute Gasteiger partial charge is 0.0651 e. The van der Waals surface area contributed by atoms with Gasteiger partial charge in [0.25, 0.3) is 0 Å². The lowest BCUT2D eigenvalue weighted by Gasteiger charge is -2.29. The molecule has 0 heterocycles. The average Bonchev–Trinajstić information content (AvgIpc) is 2.64. The molecule has 0 N–H and O–H groups in total. The Morgan fingerprint density at radius 3 is 2.17 bits per heavy atom. The summed E-state index contributed by atoms with van der Waals surface area (Å²) in [6.45, 7) is 4.64. The van der Waals surface area contributed by atoms with Crippen molar-refractivity contribution in [3.8, 4) is 11.1 Å². The zero-order valence-electron chi connectivity index (χ0n) is 15.5. The van der Waals surface area contributed by atoms with E-state index in [2.05, 4.69) is 56.3 Å². The van der Waals surface area contributed by atoms with Crippen molar-refractivity contribution >= 4 is 0 Å². The summed E-state index contributed by atoms with van der Waals surface area (Å²) in [4.78, 5) is 0. The maximum Gasteiger partial charge on any atom is -0.0146 e. The van der Waals surface area contributed by atoms with Crippen molar-refractivity contribution in [3.63, 3.8) is 0 Å². The fraction of sp³-hybridized carbons (Fsp3) is 0.500. The Balaban J connectivity index is 2.15. The third-order valence-electron chi connectivity index (χ3n) is 5.57. The van der Waals surface area contributed by atoms with Gasteiger partial charge in [-0.3, -0.25) is 0 Å². The van der Waals surface area contributed by atoms with Crippen molar-refractivity contribution in [1.29, 1.82) is 0 Å². The zero-order chi connectivity index (χ0) is 16.8.